The maximum absolute atomic E-state index is 13.1. The van der Waals surface area contributed by atoms with E-state index in [1.54, 1.807) is 5.32 Å². The van der Waals surface area contributed by atoms with Gasteiger partial charge in [-0.3, -0.25) is 9.59 Å². The molecule has 1 aromatic carbocycles. The number of halogens is 3. The Morgan fingerprint density at radius 3 is 2.26 bits per heavy atom. The summed E-state index contributed by atoms with van der Waals surface area (Å²) in [6.07, 6.45) is -2.71. The third-order valence-corrected chi connectivity index (χ3v) is 4.46. The average Bonchev–Trinajstić information content (AvgIpc) is 2.68. The average molecular weight is 487 g/mol. The Morgan fingerprint density at radius 2 is 1.68 bits per heavy atom. The van der Waals surface area contributed by atoms with Gasteiger partial charge in [0.15, 0.2) is 10.8 Å². The number of rotatable bonds is 4. The highest BCUT2D eigenvalue weighted by atomic mass is 32.1. The molecule has 162 valence electrons. The first kappa shape index (κ1) is 24.0. The monoisotopic (exact) mass is 486 g/mol. The summed E-state index contributed by atoms with van der Waals surface area (Å²) in [7, 11) is 0. The first-order valence-corrected chi connectivity index (χ1v) is 9.33. The predicted octanol–water partition coefficient (Wildman–Crippen LogP) is 2.67. The number of para-hydroxylation sites is 1. The molecule has 0 spiro atoms. The van der Waals surface area contributed by atoms with E-state index in [4.69, 9.17) is 36.7 Å². The van der Waals surface area contributed by atoms with E-state index in [0.29, 0.717) is 0 Å². The number of carbonyl (C=O) groups excluding carboxylic acids is 1. The Morgan fingerprint density at radius 1 is 1.10 bits per heavy atom. The predicted molar refractivity (Wildman–Crippen MR) is 120 cm³/mol. The molecule has 8 nitrogen and oxygen atoms in total. The first-order valence-electron chi connectivity index (χ1n) is 8.10. The van der Waals surface area contributed by atoms with Gasteiger partial charge in [0.05, 0.1) is 5.69 Å². The largest absolute Gasteiger partial charge is 0.471 e. The summed E-state index contributed by atoms with van der Waals surface area (Å²) >= 11 is 15.5. The van der Waals surface area contributed by atoms with Gasteiger partial charge in [-0.15, -0.1) is 0 Å². The van der Waals surface area contributed by atoms with Crippen molar-refractivity contribution in [3.8, 4) is 11.3 Å². The minimum Gasteiger partial charge on any atom is -0.339 e. The van der Waals surface area contributed by atoms with Gasteiger partial charge in [-0.25, -0.2) is 4.57 Å². The molecule has 0 aliphatic rings. The fourth-order valence-electron chi connectivity index (χ4n) is 2.25. The first-order chi connectivity index (χ1) is 14.5. The van der Waals surface area contributed by atoms with Gasteiger partial charge >= 0.3 is 12.1 Å². The molecule has 2 rings (SSSR count). The number of hydrogen-bond acceptors (Lipinski definition) is 6. The Bertz CT molecular complexity index is 1200. The highest BCUT2D eigenvalue weighted by Gasteiger charge is 2.39. The van der Waals surface area contributed by atoms with Crippen LogP contribution in [-0.2, 0) is 4.79 Å². The lowest BCUT2D eigenvalue weighted by Gasteiger charge is -2.16. The molecule has 0 aliphatic carbocycles. The summed E-state index contributed by atoms with van der Waals surface area (Å²) in [4.78, 5) is 24.5. The molecule has 0 radical (unpaired) electrons. The lowest BCUT2D eigenvalue weighted by Crippen LogP contribution is -2.40. The maximum Gasteiger partial charge on any atom is 0.471 e. The highest BCUT2D eigenvalue weighted by Crippen LogP contribution is 2.26. The number of benzene rings is 1. The van der Waals surface area contributed by atoms with Crippen molar-refractivity contribution >= 4 is 58.5 Å². The molecule has 0 aliphatic heterocycles. The fraction of sp³-hybridized carbons (Fsp3) is 0.0588. The van der Waals surface area contributed by atoms with E-state index in [2.05, 4.69) is 28.9 Å². The number of hydrogen-bond donors (Lipinski definition) is 3. The number of nitrogens with zero attached hydrogens (tertiary/aromatic N) is 3. The molecule has 0 bridgehead atoms. The third kappa shape index (κ3) is 5.28. The van der Waals surface area contributed by atoms with E-state index < -0.39 is 17.6 Å². The molecule has 31 heavy (non-hydrogen) atoms. The quantitative estimate of drug-likeness (QED) is 0.569. The van der Waals surface area contributed by atoms with E-state index in [9.17, 15) is 22.8 Å². The normalized spacial score (nSPS) is 10.7. The van der Waals surface area contributed by atoms with Crippen molar-refractivity contribution in [2.24, 2.45) is 0 Å². The molecule has 0 fully saturated rings. The van der Waals surface area contributed by atoms with Gasteiger partial charge < -0.3 is 16.0 Å². The van der Waals surface area contributed by atoms with Gasteiger partial charge in [0.1, 0.15) is 0 Å². The van der Waals surface area contributed by atoms with E-state index >= 15 is 0 Å². The maximum atomic E-state index is 13.1. The third-order valence-electron chi connectivity index (χ3n) is 3.51. The lowest BCUT2D eigenvalue weighted by molar-refractivity contribution is -0.167. The number of carbonyl (C=O) groups is 1. The molecule has 1 aromatic heterocycles. The van der Waals surface area contributed by atoms with Crippen LogP contribution in [0.1, 0.15) is 0 Å². The summed E-state index contributed by atoms with van der Waals surface area (Å²) < 4.78 is 39.8. The molecular formula is C17H13F3N6O2S3. The minimum absolute atomic E-state index is 0.0896. The molecular weight excluding hydrogens is 473 g/mol. The van der Waals surface area contributed by atoms with Gasteiger partial charge in [0.25, 0.3) is 5.56 Å². The van der Waals surface area contributed by atoms with Crippen LogP contribution in [0.4, 0.5) is 18.9 Å². The van der Waals surface area contributed by atoms with Gasteiger partial charge in [-0.1, -0.05) is 31.4 Å². The standard InChI is InChI=1S/C17H13F3N6O2S3/c1-3-21-14(29)25-12(27)11(24-26(16(25)31)15(30)22-4-2)9-7-5-6-8-10(9)23-13(28)17(18,19)20/h3-8H,1-2H2,(H,21,29)(H,22,30)(H,23,28). The Labute approximate surface area is 189 Å². The van der Waals surface area contributed by atoms with Crippen molar-refractivity contribution in [1.82, 2.24) is 25.0 Å². The smallest absolute Gasteiger partial charge is 0.339 e. The van der Waals surface area contributed by atoms with Crippen LogP contribution in [0.15, 0.2) is 54.6 Å². The lowest BCUT2D eigenvalue weighted by atomic mass is 10.1. The summed E-state index contributed by atoms with van der Waals surface area (Å²) in [6, 6.07) is 5.28. The van der Waals surface area contributed by atoms with Crippen LogP contribution < -0.4 is 21.5 Å². The molecule has 0 atom stereocenters. The van der Waals surface area contributed by atoms with Gasteiger partial charge in [0.2, 0.25) is 9.88 Å². The van der Waals surface area contributed by atoms with Crippen molar-refractivity contribution < 1.29 is 18.0 Å². The zero-order valence-electron chi connectivity index (χ0n) is 15.4. The molecule has 0 saturated carbocycles. The van der Waals surface area contributed by atoms with E-state index in [0.717, 1.165) is 9.25 Å². The van der Waals surface area contributed by atoms with Crippen LogP contribution in [0.2, 0.25) is 0 Å². The molecule has 3 N–H and O–H groups in total. The van der Waals surface area contributed by atoms with Crippen LogP contribution in [0.25, 0.3) is 11.3 Å². The second-order valence-corrected chi connectivity index (χ2v) is 6.63. The second kappa shape index (κ2) is 9.72. The van der Waals surface area contributed by atoms with E-state index in [1.165, 1.54) is 36.7 Å². The Kier molecular flexibility index (Phi) is 7.54. The van der Waals surface area contributed by atoms with Gasteiger partial charge in [-0.05, 0) is 55.1 Å². The summed E-state index contributed by atoms with van der Waals surface area (Å²) in [5, 5.41) is 10.6. The summed E-state index contributed by atoms with van der Waals surface area (Å²) in [5.74, 6) is -2.22. The number of thiocarbonyl (C=S) groups is 2. The number of anilines is 1. The molecule has 0 saturated heterocycles. The zero-order valence-corrected chi connectivity index (χ0v) is 17.8. The van der Waals surface area contributed by atoms with Gasteiger partial charge in [0, 0.05) is 5.56 Å². The summed E-state index contributed by atoms with van der Waals surface area (Å²) in [6.45, 7) is 6.91. The van der Waals surface area contributed by atoms with Gasteiger partial charge in [-0.2, -0.15) is 23.0 Å². The molecule has 0 unspecified atom stereocenters. The number of alkyl halides is 3. The molecule has 1 amide bonds. The van der Waals surface area contributed by atoms with Crippen LogP contribution in [0.3, 0.4) is 0 Å². The highest BCUT2D eigenvalue weighted by molar-refractivity contribution is 7.80. The van der Waals surface area contributed by atoms with Crippen molar-refractivity contribution in [2.75, 3.05) is 5.32 Å². The summed E-state index contributed by atoms with van der Waals surface area (Å²) in [5.41, 5.74) is -1.68. The van der Waals surface area contributed by atoms with Crippen LogP contribution in [0, 0.1) is 4.77 Å². The Balaban J connectivity index is 2.82. The van der Waals surface area contributed by atoms with Crippen molar-refractivity contribution in [1.29, 1.82) is 0 Å². The van der Waals surface area contributed by atoms with Crippen molar-refractivity contribution in [2.45, 2.75) is 6.18 Å². The zero-order chi connectivity index (χ0) is 23.3. The van der Waals surface area contributed by atoms with Crippen LogP contribution in [-0.4, -0.2) is 36.7 Å². The van der Waals surface area contributed by atoms with E-state index in [1.807, 2.05) is 0 Å². The topological polar surface area (TPSA) is 93.0 Å². The van der Waals surface area contributed by atoms with Crippen LogP contribution >= 0.6 is 36.7 Å². The fourth-order valence-corrected chi connectivity index (χ4v) is 3.13. The molecule has 1 heterocycles. The number of nitrogens with one attached hydrogen (secondary N) is 3. The second-order valence-electron chi connectivity index (χ2n) is 5.49. The SMILES string of the molecule is C=CNC(=S)n1nc(-c2ccccc2NC(=O)C(F)(F)F)c(=O)n(C(=S)NC=C)c1=S. The number of aromatic nitrogens is 3. The van der Waals surface area contributed by atoms with Crippen LogP contribution in [0.5, 0.6) is 0 Å². The van der Waals surface area contributed by atoms with Crippen molar-refractivity contribution in [3.05, 3.63) is 64.9 Å². The minimum atomic E-state index is -5.14. The number of amides is 1. The molecule has 14 heteroatoms. The molecule has 2 aromatic rings. The van der Waals surface area contributed by atoms with Crippen molar-refractivity contribution in [3.63, 3.8) is 0 Å². The Hall–Kier alpha value is -3.23. The van der Waals surface area contributed by atoms with E-state index in [-0.39, 0.29) is 31.9 Å².